The van der Waals surface area contributed by atoms with Crippen LogP contribution in [0.1, 0.15) is 25.3 Å². The number of aromatic nitrogens is 1. The summed E-state index contributed by atoms with van der Waals surface area (Å²) in [5.41, 5.74) is 2.19. The molecule has 3 aromatic rings. The maximum absolute atomic E-state index is 15.6. The lowest BCUT2D eigenvalue weighted by molar-refractivity contribution is 0.253. The molecule has 2 aromatic carbocycles. The van der Waals surface area contributed by atoms with E-state index < -0.39 is 20.7 Å². The van der Waals surface area contributed by atoms with Gasteiger partial charge in [-0.2, -0.15) is 0 Å². The van der Waals surface area contributed by atoms with Crippen LogP contribution in [-0.2, 0) is 16.6 Å². The first-order valence-electron chi connectivity index (χ1n) is 12.3. The molecular weight excluding hydrogens is 563 g/mol. The van der Waals surface area contributed by atoms with Gasteiger partial charge in [0.15, 0.2) is 5.13 Å². The van der Waals surface area contributed by atoms with Crippen LogP contribution in [0.2, 0.25) is 5.02 Å². The Bertz CT molecular complexity index is 1450. The van der Waals surface area contributed by atoms with Gasteiger partial charge in [-0.3, -0.25) is 0 Å². The number of nitrogens with one attached hydrogen (secondary N) is 1. The highest BCUT2D eigenvalue weighted by Crippen LogP contribution is 2.36. The zero-order chi connectivity index (χ0) is 28.3. The predicted octanol–water partition coefficient (Wildman–Crippen LogP) is 5.80. The molecule has 1 N–H and O–H groups in total. The molecule has 0 bridgehead atoms. The molecule has 2 atom stereocenters. The molecule has 39 heavy (non-hydrogen) atoms. The Morgan fingerprint density at radius 3 is 2.62 bits per heavy atom. The highest BCUT2D eigenvalue weighted by Gasteiger charge is 2.33. The van der Waals surface area contributed by atoms with Crippen LogP contribution >= 0.6 is 22.9 Å². The summed E-state index contributed by atoms with van der Waals surface area (Å²) in [5.74, 6) is 0.0748. The van der Waals surface area contributed by atoms with Gasteiger partial charge in [0.25, 0.3) is 10.0 Å². The van der Waals surface area contributed by atoms with Crippen molar-refractivity contribution in [3.63, 3.8) is 0 Å². The summed E-state index contributed by atoms with van der Waals surface area (Å²) in [6, 6.07) is 7.53. The quantitative estimate of drug-likeness (QED) is 0.297. The minimum absolute atomic E-state index is 0.0163. The van der Waals surface area contributed by atoms with Crippen LogP contribution in [-0.4, -0.2) is 58.7 Å². The predicted molar refractivity (Wildman–Crippen MR) is 154 cm³/mol. The first-order valence-corrected chi connectivity index (χ1v) is 15.0. The zero-order valence-electron chi connectivity index (χ0n) is 22.4. The fourth-order valence-electron chi connectivity index (χ4n) is 4.63. The van der Waals surface area contributed by atoms with Crippen molar-refractivity contribution in [1.82, 2.24) is 9.88 Å². The van der Waals surface area contributed by atoms with Gasteiger partial charge in [-0.05, 0) is 58.1 Å². The third-order valence-corrected chi connectivity index (χ3v) is 9.72. The van der Waals surface area contributed by atoms with Crippen LogP contribution in [0.5, 0.6) is 11.5 Å². The summed E-state index contributed by atoms with van der Waals surface area (Å²) in [5, 5.41) is 5.29. The topological polar surface area (TPSA) is 84.0 Å². The fourth-order valence-corrected chi connectivity index (χ4v) is 7.25. The van der Waals surface area contributed by atoms with E-state index in [1.807, 2.05) is 14.1 Å². The molecular formula is C27H32ClFN4O4S2. The van der Waals surface area contributed by atoms with E-state index >= 15 is 4.39 Å². The normalized spacial score (nSPS) is 17.6. The Kier molecular flexibility index (Phi) is 9.05. The van der Waals surface area contributed by atoms with Crippen LogP contribution in [0.4, 0.5) is 15.2 Å². The number of nitrogens with zero attached hydrogens (tertiary/aromatic N) is 3. The summed E-state index contributed by atoms with van der Waals surface area (Å²) in [7, 11) is 2.60. The molecule has 1 aliphatic rings. The summed E-state index contributed by atoms with van der Waals surface area (Å²) < 4.78 is 55.2. The molecule has 0 saturated heterocycles. The summed E-state index contributed by atoms with van der Waals surface area (Å²) in [4.78, 5) is 5.78. The van der Waals surface area contributed by atoms with Crippen molar-refractivity contribution >= 4 is 43.8 Å². The van der Waals surface area contributed by atoms with Crippen LogP contribution < -0.4 is 19.1 Å². The smallest absolute Gasteiger partial charge is 0.269 e. The number of halogens is 2. The molecule has 4 rings (SSSR count). The first kappa shape index (κ1) is 29.1. The summed E-state index contributed by atoms with van der Waals surface area (Å²) in [6.45, 7) is 1.95. The molecule has 0 radical (unpaired) electrons. The molecule has 1 aliphatic carbocycles. The minimum Gasteiger partial charge on any atom is -0.497 e. The van der Waals surface area contributed by atoms with Gasteiger partial charge < -0.3 is 19.7 Å². The number of benzene rings is 2. The van der Waals surface area contributed by atoms with Gasteiger partial charge in [0, 0.05) is 35.3 Å². The second kappa shape index (κ2) is 12.1. The number of sulfonamides is 1. The molecule has 12 heteroatoms. The van der Waals surface area contributed by atoms with Crippen LogP contribution in [0.3, 0.4) is 0 Å². The SMILES string of the molecule is COc1ccc(CN(c2nccs2)S(=O)(=O)c2cc(Cl)c(N[C@H]3CC=C(C)C[C@@H]3N(C)C)cc2F)c(OC)c1. The first-order chi connectivity index (χ1) is 18.5. The molecule has 0 saturated carbocycles. The molecule has 1 aromatic heterocycles. The summed E-state index contributed by atoms with van der Waals surface area (Å²) in [6.07, 6.45) is 5.26. The number of likely N-dealkylation sites (N-methyl/N-ethyl adjacent to an activating group) is 1. The second-order valence-electron chi connectivity index (χ2n) is 9.54. The lowest BCUT2D eigenvalue weighted by Gasteiger charge is -2.36. The Morgan fingerprint density at radius 2 is 1.97 bits per heavy atom. The van der Waals surface area contributed by atoms with E-state index in [0.717, 1.165) is 40.6 Å². The van der Waals surface area contributed by atoms with Crippen molar-refractivity contribution in [3.05, 3.63) is 70.0 Å². The molecule has 8 nitrogen and oxygen atoms in total. The standard InChI is InChI=1S/C27H32ClFN4O4S2/c1-17-6-9-22(24(12-17)32(2)3)31-23-15-21(29)26(14-20(23)28)39(34,35)33(27-30-10-11-38-27)16-18-7-8-19(36-4)13-25(18)37-5/h6-8,10-11,13-15,22,24,31H,9,12,16H2,1-5H3/t22-,24-/m0/s1. The largest absolute Gasteiger partial charge is 0.497 e. The number of methoxy groups -OCH3 is 2. The van der Waals surface area contributed by atoms with E-state index in [-0.39, 0.29) is 28.8 Å². The third-order valence-electron chi connectivity index (χ3n) is 6.75. The molecule has 0 unspecified atom stereocenters. The number of ether oxygens (including phenoxy) is 2. The average Bonchev–Trinajstić information content (AvgIpc) is 3.44. The van der Waals surface area contributed by atoms with Gasteiger partial charge >= 0.3 is 0 Å². The van der Waals surface area contributed by atoms with E-state index in [1.54, 1.807) is 23.6 Å². The Hall–Kier alpha value is -2.86. The van der Waals surface area contributed by atoms with Crippen LogP contribution in [0.25, 0.3) is 0 Å². The number of rotatable bonds is 10. The average molecular weight is 595 g/mol. The van der Waals surface area contributed by atoms with Crippen molar-refractivity contribution < 1.29 is 22.3 Å². The Labute approximate surface area is 238 Å². The number of hydrogen-bond donors (Lipinski definition) is 1. The molecule has 1 heterocycles. The van der Waals surface area contributed by atoms with Crippen molar-refractivity contribution in [2.75, 3.05) is 37.9 Å². The van der Waals surface area contributed by atoms with Crippen LogP contribution in [0, 0.1) is 5.82 Å². The van der Waals surface area contributed by atoms with Crippen molar-refractivity contribution in [3.8, 4) is 11.5 Å². The van der Waals surface area contributed by atoms with Crippen molar-refractivity contribution in [2.24, 2.45) is 0 Å². The molecule has 0 spiro atoms. The highest BCUT2D eigenvalue weighted by atomic mass is 35.5. The lowest BCUT2D eigenvalue weighted by atomic mass is 9.90. The highest BCUT2D eigenvalue weighted by molar-refractivity contribution is 7.93. The number of thiazole rings is 1. The molecule has 0 fully saturated rings. The zero-order valence-corrected chi connectivity index (χ0v) is 24.8. The monoisotopic (exact) mass is 594 g/mol. The van der Waals surface area contributed by atoms with E-state index in [2.05, 4.69) is 28.2 Å². The molecule has 210 valence electrons. The number of hydrogen-bond acceptors (Lipinski definition) is 8. The van der Waals surface area contributed by atoms with Gasteiger partial charge in [0.05, 0.1) is 31.5 Å². The van der Waals surface area contributed by atoms with Gasteiger partial charge in [-0.25, -0.2) is 22.1 Å². The van der Waals surface area contributed by atoms with Crippen LogP contribution in [0.15, 0.2) is 58.5 Å². The van der Waals surface area contributed by atoms with Crippen molar-refractivity contribution in [2.45, 2.75) is 43.3 Å². The fraction of sp³-hybridized carbons (Fsp3) is 0.370. The second-order valence-corrected chi connectivity index (χ2v) is 12.6. The van der Waals surface area contributed by atoms with E-state index in [1.165, 1.54) is 26.0 Å². The van der Waals surface area contributed by atoms with Gasteiger partial charge in [0.2, 0.25) is 0 Å². The number of anilines is 2. The van der Waals surface area contributed by atoms with E-state index in [9.17, 15) is 8.42 Å². The maximum atomic E-state index is 15.6. The Morgan fingerprint density at radius 1 is 1.21 bits per heavy atom. The van der Waals surface area contributed by atoms with Gasteiger partial charge in [0.1, 0.15) is 22.2 Å². The summed E-state index contributed by atoms with van der Waals surface area (Å²) >= 11 is 7.69. The maximum Gasteiger partial charge on any atom is 0.269 e. The van der Waals surface area contributed by atoms with E-state index in [0.29, 0.717) is 22.7 Å². The third kappa shape index (κ3) is 6.32. The van der Waals surface area contributed by atoms with E-state index in [4.69, 9.17) is 21.1 Å². The molecule has 0 aliphatic heterocycles. The van der Waals surface area contributed by atoms with Gasteiger partial charge in [-0.15, -0.1) is 11.3 Å². The Balaban J connectivity index is 1.69. The minimum atomic E-state index is -4.41. The van der Waals surface area contributed by atoms with Crippen molar-refractivity contribution in [1.29, 1.82) is 0 Å². The molecule has 0 amide bonds. The lowest BCUT2D eigenvalue weighted by Crippen LogP contribution is -2.45. The van der Waals surface area contributed by atoms with Gasteiger partial charge in [-0.1, -0.05) is 23.3 Å².